The number of anilines is 2. The van der Waals surface area contributed by atoms with Gasteiger partial charge in [0.25, 0.3) is 0 Å². The van der Waals surface area contributed by atoms with Gasteiger partial charge in [-0.3, -0.25) is 4.57 Å². The average molecular weight is 416 g/mol. The first-order valence-corrected chi connectivity index (χ1v) is 9.43. The number of hydrogen-bond donors (Lipinski definition) is 2. The fourth-order valence-corrected chi connectivity index (χ4v) is 2.80. The van der Waals surface area contributed by atoms with Gasteiger partial charge in [-0.15, -0.1) is 0 Å². The predicted molar refractivity (Wildman–Crippen MR) is 116 cm³/mol. The van der Waals surface area contributed by atoms with Gasteiger partial charge < -0.3 is 20.1 Å². The van der Waals surface area contributed by atoms with Crippen molar-refractivity contribution >= 4 is 17.4 Å². The van der Waals surface area contributed by atoms with E-state index in [2.05, 4.69) is 25.6 Å². The number of urea groups is 1. The zero-order chi connectivity index (χ0) is 21.6. The molecule has 0 saturated carbocycles. The molecule has 0 radical (unpaired) electrons. The Kier molecular flexibility index (Phi) is 5.75. The summed E-state index contributed by atoms with van der Waals surface area (Å²) in [6, 6.07) is 15.4. The molecule has 9 nitrogen and oxygen atoms in total. The largest absolute Gasteiger partial charge is 0.497 e. The van der Waals surface area contributed by atoms with Crippen molar-refractivity contribution in [1.29, 1.82) is 0 Å². The molecule has 2 aromatic carbocycles. The highest BCUT2D eigenvalue weighted by molar-refractivity contribution is 5.99. The summed E-state index contributed by atoms with van der Waals surface area (Å²) < 4.78 is 12.7. The number of methoxy groups -OCH3 is 1. The second-order valence-electron chi connectivity index (χ2n) is 6.52. The number of ether oxygens (including phenoxy) is 2. The number of nitrogens with zero attached hydrogens (tertiary/aromatic N) is 4. The lowest BCUT2D eigenvalue weighted by Gasteiger charge is -2.10. The molecule has 0 atom stereocenters. The van der Waals surface area contributed by atoms with Gasteiger partial charge in [0.15, 0.2) is 0 Å². The Bertz CT molecular complexity index is 1160. The first-order chi connectivity index (χ1) is 15.1. The lowest BCUT2D eigenvalue weighted by molar-refractivity contribution is 0.262. The number of hydrogen-bond acceptors (Lipinski definition) is 6. The van der Waals surface area contributed by atoms with Crippen LogP contribution in [0.3, 0.4) is 0 Å². The molecule has 2 N–H and O–H groups in total. The molecule has 0 aliphatic heterocycles. The zero-order valence-corrected chi connectivity index (χ0v) is 16.9. The van der Waals surface area contributed by atoms with Gasteiger partial charge >= 0.3 is 6.03 Å². The van der Waals surface area contributed by atoms with Gasteiger partial charge in [-0.1, -0.05) is 0 Å². The number of aromatic nitrogens is 4. The van der Waals surface area contributed by atoms with Crippen molar-refractivity contribution < 1.29 is 14.3 Å². The van der Waals surface area contributed by atoms with Gasteiger partial charge in [-0.2, -0.15) is 4.98 Å². The molecule has 0 aliphatic carbocycles. The average Bonchev–Trinajstić information content (AvgIpc) is 3.30. The molecule has 0 saturated heterocycles. The van der Waals surface area contributed by atoms with Gasteiger partial charge in [0.2, 0.25) is 5.88 Å². The molecule has 0 spiro atoms. The third-order valence-corrected chi connectivity index (χ3v) is 4.25. The van der Waals surface area contributed by atoms with E-state index in [1.54, 1.807) is 91.9 Å². The SMILES string of the molecule is COc1ccc(NC(=O)Nc2ccc(Oc3cc(-n4ccnc4)nc(C)n3)cc2)cc1. The smallest absolute Gasteiger partial charge is 0.323 e. The summed E-state index contributed by atoms with van der Waals surface area (Å²) >= 11 is 0. The Morgan fingerprint density at radius 2 is 1.58 bits per heavy atom. The van der Waals surface area contributed by atoms with Crippen molar-refractivity contribution in [3.05, 3.63) is 79.1 Å². The summed E-state index contributed by atoms with van der Waals surface area (Å²) in [5, 5.41) is 5.53. The van der Waals surface area contributed by atoms with E-state index in [0.717, 1.165) is 5.75 Å². The molecular weight excluding hydrogens is 396 g/mol. The summed E-state index contributed by atoms with van der Waals surface area (Å²) in [4.78, 5) is 24.9. The minimum Gasteiger partial charge on any atom is -0.497 e. The highest BCUT2D eigenvalue weighted by atomic mass is 16.5. The summed E-state index contributed by atoms with van der Waals surface area (Å²) in [6.07, 6.45) is 5.13. The summed E-state index contributed by atoms with van der Waals surface area (Å²) in [5.41, 5.74) is 1.28. The Labute approximate surface area is 178 Å². The van der Waals surface area contributed by atoms with Gasteiger partial charge in [-0.25, -0.2) is 14.8 Å². The number of imidazole rings is 1. The Morgan fingerprint density at radius 1 is 0.935 bits per heavy atom. The van der Waals surface area contributed by atoms with Gasteiger partial charge in [0.1, 0.15) is 29.5 Å². The van der Waals surface area contributed by atoms with Crippen molar-refractivity contribution in [2.45, 2.75) is 6.92 Å². The van der Waals surface area contributed by atoms with Crippen molar-refractivity contribution in [3.8, 4) is 23.2 Å². The van der Waals surface area contributed by atoms with Gasteiger partial charge in [-0.05, 0) is 55.5 Å². The fraction of sp³-hybridized carbons (Fsp3) is 0.0909. The van der Waals surface area contributed by atoms with Crippen LogP contribution in [0.1, 0.15) is 5.82 Å². The van der Waals surface area contributed by atoms with Crippen LogP contribution in [0.5, 0.6) is 17.4 Å². The highest BCUT2D eigenvalue weighted by Gasteiger charge is 2.07. The predicted octanol–water partition coefficient (Wildman–Crippen LogP) is 4.42. The van der Waals surface area contributed by atoms with Crippen LogP contribution in [0.2, 0.25) is 0 Å². The monoisotopic (exact) mass is 416 g/mol. The molecule has 2 aromatic heterocycles. The number of carbonyl (C=O) groups is 1. The molecule has 0 unspecified atom stereocenters. The van der Waals surface area contributed by atoms with E-state index in [9.17, 15) is 4.79 Å². The number of rotatable bonds is 6. The fourth-order valence-electron chi connectivity index (χ4n) is 2.80. The van der Waals surface area contributed by atoms with E-state index >= 15 is 0 Å². The molecule has 0 fully saturated rings. The van der Waals surface area contributed by atoms with Crippen molar-refractivity contribution in [2.75, 3.05) is 17.7 Å². The van der Waals surface area contributed by atoms with Crippen LogP contribution in [-0.2, 0) is 0 Å². The summed E-state index contributed by atoms with van der Waals surface area (Å²) in [6.45, 7) is 1.79. The number of amides is 2. The third kappa shape index (κ3) is 5.15. The molecule has 31 heavy (non-hydrogen) atoms. The van der Waals surface area contributed by atoms with Crippen molar-refractivity contribution in [2.24, 2.45) is 0 Å². The summed E-state index contributed by atoms with van der Waals surface area (Å²) in [7, 11) is 1.59. The molecule has 156 valence electrons. The minimum absolute atomic E-state index is 0.352. The van der Waals surface area contributed by atoms with Crippen LogP contribution >= 0.6 is 0 Å². The number of nitrogens with one attached hydrogen (secondary N) is 2. The normalized spacial score (nSPS) is 10.4. The highest BCUT2D eigenvalue weighted by Crippen LogP contribution is 2.23. The van der Waals surface area contributed by atoms with Crippen LogP contribution in [0, 0.1) is 6.92 Å². The minimum atomic E-state index is -0.352. The number of aryl methyl sites for hydroxylation is 1. The van der Waals surface area contributed by atoms with Crippen LogP contribution in [-0.4, -0.2) is 32.7 Å². The van der Waals surface area contributed by atoms with Crippen LogP contribution in [0.25, 0.3) is 5.82 Å². The standard InChI is InChI=1S/C22H20N6O3/c1-15-24-20(28-12-11-23-14-28)13-21(25-15)31-19-9-5-17(6-10-19)27-22(29)26-16-3-7-18(30-2)8-4-16/h3-14H,1-2H3,(H2,26,27,29). The lowest BCUT2D eigenvalue weighted by Crippen LogP contribution is -2.19. The second-order valence-corrected chi connectivity index (χ2v) is 6.52. The van der Waals surface area contributed by atoms with E-state index in [-0.39, 0.29) is 6.03 Å². The molecule has 4 rings (SSSR count). The number of benzene rings is 2. The molecule has 2 heterocycles. The maximum absolute atomic E-state index is 12.2. The van der Waals surface area contributed by atoms with E-state index < -0.39 is 0 Å². The molecular formula is C22H20N6O3. The van der Waals surface area contributed by atoms with Gasteiger partial charge in [0.05, 0.1) is 7.11 Å². The zero-order valence-electron chi connectivity index (χ0n) is 16.9. The van der Waals surface area contributed by atoms with Gasteiger partial charge in [0, 0.05) is 29.8 Å². The molecule has 0 bridgehead atoms. The molecule has 4 aromatic rings. The quantitative estimate of drug-likeness (QED) is 0.482. The Balaban J connectivity index is 1.38. The van der Waals surface area contributed by atoms with E-state index in [1.807, 2.05) is 0 Å². The third-order valence-electron chi connectivity index (χ3n) is 4.25. The summed E-state index contributed by atoms with van der Waals surface area (Å²) in [5.74, 6) is 2.95. The maximum Gasteiger partial charge on any atom is 0.323 e. The molecule has 9 heteroatoms. The van der Waals surface area contributed by atoms with Crippen LogP contribution in [0.15, 0.2) is 73.3 Å². The number of carbonyl (C=O) groups excluding carboxylic acids is 1. The van der Waals surface area contributed by atoms with E-state index in [1.165, 1.54) is 0 Å². The van der Waals surface area contributed by atoms with Crippen molar-refractivity contribution in [3.63, 3.8) is 0 Å². The topological polar surface area (TPSA) is 103 Å². The first-order valence-electron chi connectivity index (χ1n) is 9.43. The lowest BCUT2D eigenvalue weighted by atomic mass is 10.3. The van der Waals surface area contributed by atoms with Crippen molar-refractivity contribution in [1.82, 2.24) is 19.5 Å². The van der Waals surface area contributed by atoms with E-state index in [4.69, 9.17) is 9.47 Å². The van der Waals surface area contributed by atoms with Crippen LogP contribution in [0.4, 0.5) is 16.2 Å². The van der Waals surface area contributed by atoms with Crippen LogP contribution < -0.4 is 20.1 Å². The first kappa shape index (κ1) is 19.9. The van der Waals surface area contributed by atoms with E-state index in [0.29, 0.717) is 34.6 Å². The molecule has 0 aliphatic rings. The second kappa shape index (κ2) is 8.95. The Hall–Kier alpha value is -4.40. The Morgan fingerprint density at radius 3 is 2.16 bits per heavy atom. The molecule has 2 amide bonds. The maximum atomic E-state index is 12.2.